The van der Waals surface area contributed by atoms with Crippen molar-refractivity contribution in [3.05, 3.63) is 180 Å². The van der Waals surface area contributed by atoms with Crippen molar-refractivity contribution in [3.8, 4) is 28.6 Å². The predicted octanol–water partition coefficient (Wildman–Crippen LogP) is 11.7. The van der Waals surface area contributed by atoms with E-state index in [-0.39, 0.29) is 0 Å². The van der Waals surface area contributed by atoms with E-state index >= 15 is 0 Å². The number of ether oxygens (including phenoxy) is 1. The molecular formula is C53H32N4O+2. The first-order valence-corrected chi connectivity index (χ1v) is 20.2. The molecule has 58 heavy (non-hydrogen) atoms. The van der Waals surface area contributed by atoms with E-state index in [2.05, 4.69) is 190 Å². The highest BCUT2D eigenvalue weighted by Gasteiger charge is 2.65. The van der Waals surface area contributed by atoms with Crippen LogP contribution in [0.3, 0.4) is 0 Å². The van der Waals surface area contributed by atoms with E-state index in [4.69, 9.17) is 4.74 Å². The highest BCUT2D eigenvalue weighted by molar-refractivity contribution is 6.29. The van der Waals surface area contributed by atoms with E-state index in [9.17, 15) is 0 Å². The number of hydrogen-bond acceptors (Lipinski definition) is 1. The minimum absolute atomic E-state index is 0.762. The van der Waals surface area contributed by atoms with Gasteiger partial charge in [0.2, 0.25) is 0 Å². The Balaban J connectivity index is 1.24. The van der Waals surface area contributed by atoms with Crippen molar-refractivity contribution < 1.29 is 13.9 Å². The topological polar surface area (TPSA) is 26.3 Å². The van der Waals surface area contributed by atoms with E-state index in [0.29, 0.717) is 0 Å². The molecule has 8 aromatic carbocycles. The van der Waals surface area contributed by atoms with Gasteiger partial charge in [-0.05, 0) is 112 Å². The monoisotopic (exact) mass is 740 g/mol. The van der Waals surface area contributed by atoms with Crippen molar-refractivity contribution >= 4 is 81.4 Å². The summed E-state index contributed by atoms with van der Waals surface area (Å²) in [5, 5.41) is 13.8. The normalized spacial score (nSPS) is 16.0. The SMILES string of the molecule is Cc1cccc(C)c1-c1c[n+]2c3c4c5c(ccc4c4cc6c7ccccc7c7ccccc7c6cc4n13)Oc1ccc3c4ccccc4n4c3c1C52[n+]1ccccc1-4. The molecule has 7 heterocycles. The molecule has 268 valence electrons. The van der Waals surface area contributed by atoms with Gasteiger partial charge in [-0.25, -0.2) is 0 Å². The number of fused-ring (bicyclic) bond motifs is 14. The van der Waals surface area contributed by atoms with E-state index in [0.717, 1.165) is 17.3 Å². The summed E-state index contributed by atoms with van der Waals surface area (Å²) < 4.78 is 17.3. The molecule has 0 bridgehead atoms. The van der Waals surface area contributed by atoms with E-state index in [1.807, 2.05) is 0 Å². The Hall–Kier alpha value is -7.50. The molecule has 0 amide bonds. The molecule has 1 atom stereocenters. The highest BCUT2D eigenvalue weighted by atomic mass is 16.5. The molecule has 3 aliphatic heterocycles. The maximum atomic E-state index is 7.13. The van der Waals surface area contributed by atoms with Crippen LogP contribution in [0.1, 0.15) is 22.3 Å². The Kier molecular flexibility index (Phi) is 4.98. The van der Waals surface area contributed by atoms with Crippen LogP contribution in [0.4, 0.5) is 0 Å². The molecule has 5 heteroatoms. The molecule has 3 aliphatic rings. The second-order valence-corrected chi connectivity index (χ2v) is 16.6. The predicted molar refractivity (Wildman–Crippen MR) is 233 cm³/mol. The molecule has 0 saturated carbocycles. The second kappa shape index (κ2) is 9.71. The van der Waals surface area contributed by atoms with Crippen molar-refractivity contribution in [3.63, 3.8) is 0 Å². The summed E-state index contributed by atoms with van der Waals surface area (Å²) in [6, 6.07) is 54.0. The Morgan fingerprint density at radius 3 is 1.90 bits per heavy atom. The lowest BCUT2D eigenvalue weighted by Gasteiger charge is -2.36. The number of nitrogens with zero attached hydrogens (tertiary/aromatic N) is 4. The fraction of sp³-hybridized carbons (Fsp3) is 0.0566. The fourth-order valence-corrected chi connectivity index (χ4v) is 11.8. The number of rotatable bonds is 1. The summed E-state index contributed by atoms with van der Waals surface area (Å²) >= 11 is 0. The van der Waals surface area contributed by atoms with E-state index in [1.54, 1.807) is 0 Å². The first-order chi connectivity index (χ1) is 28.6. The molecule has 0 saturated heterocycles. The van der Waals surface area contributed by atoms with Gasteiger partial charge < -0.3 is 4.74 Å². The number of hydrogen-bond donors (Lipinski definition) is 0. The van der Waals surface area contributed by atoms with Crippen molar-refractivity contribution in [2.24, 2.45) is 0 Å². The fourth-order valence-electron chi connectivity index (χ4n) is 11.8. The van der Waals surface area contributed by atoms with Crippen LogP contribution in [0.5, 0.6) is 11.5 Å². The molecular weight excluding hydrogens is 709 g/mol. The van der Waals surface area contributed by atoms with Crippen LogP contribution in [-0.2, 0) is 5.66 Å². The van der Waals surface area contributed by atoms with Crippen molar-refractivity contribution in [1.29, 1.82) is 0 Å². The average molecular weight is 741 g/mol. The van der Waals surface area contributed by atoms with Gasteiger partial charge in [0.15, 0.2) is 11.2 Å². The first kappa shape index (κ1) is 29.7. The molecule has 0 N–H and O–H groups in total. The lowest BCUT2D eigenvalue weighted by Crippen LogP contribution is -2.75. The molecule has 1 unspecified atom stereocenters. The lowest BCUT2D eigenvalue weighted by atomic mass is 9.83. The van der Waals surface area contributed by atoms with E-state index < -0.39 is 5.66 Å². The zero-order valence-corrected chi connectivity index (χ0v) is 31.7. The molecule has 12 aromatic rings. The lowest BCUT2D eigenvalue weighted by molar-refractivity contribution is -0.956. The number of aromatic nitrogens is 4. The zero-order valence-electron chi connectivity index (χ0n) is 31.7. The number of para-hydroxylation sites is 1. The Bertz CT molecular complexity index is 3960. The van der Waals surface area contributed by atoms with Crippen LogP contribution in [0.25, 0.3) is 98.5 Å². The number of imidazole rings is 1. The van der Waals surface area contributed by atoms with Gasteiger partial charge in [0.05, 0.1) is 11.6 Å². The Morgan fingerprint density at radius 1 is 0.500 bits per heavy atom. The molecule has 5 nitrogen and oxygen atoms in total. The molecule has 0 aliphatic carbocycles. The third-order valence-corrected chi connectivity index (χ3v) is 13.9. The van der Waals surface area contributed by atoms with Crippen LogP contribution in [-0.4, -0.2) is 8.97 Å². The summed E-state index contributed by atoms with van der Waals surface area (Å²) in [4.78, 5) is 0. The second-order valence-electron chi connectivity index (χ2n) is 16.6. The van der Waals surface area contributed by atoms with Gasteiger partial charge in [-0.1, -0.05) is 84.9 Å². The van der Waals surface area contributed by atoms with Crippen LogP contribution in [0, 0.1) is 13.8 Å². The number of pyridine rings is 2. The molecule has 0 fully saturated rings. The minimum Gasteiger partial charge on any atom is -0.456 e. The summed E-state index contributed by atoms with van der Waals surface area (Å²) in [5.41, 5.74) is 11.4. The summed E-state index contributed by atoms with van der Waals surface area (Å²) in [6.07, 6.45) is 4.75. The summed E-state index contributed by atoms with van der Waals surface area (Å²) in [5.74, 6) is 2.93. The Labute approximate surface area is 331 Å². The van der Waals surface area contributed by atoms with Gasteiger partial charge in [-0.3, -0.25) is 0 Å². The van der Waals surface area contributed by atoms with Crippen LogP contribution in [0.15, 0.2) is 158 Å². The minimum atomic E-state index is -0.762. The molecule has 0 radical (unpaired) electrons. The van der Waals surface area contributed by atoms with Gasteiger partial charge >= 0.3 is 5.66 Å². The van der Waals surface area contributed by atoms with Gasteiger partial charge in [0, 0.05) is 33.2 Å². The van der Waals surface area contributed by atoms with Crippen molar-refractivity contribution in [2.45, 2.75) is 19.5 Å². The van der Waals surface area contributed by atoms with Crippen LogP contribution >= 0.6 is 0 Å². The van der Waals surface area contributed by atoms with Crippen molar-refractivity contribution in [2.75, 3.05) is 0 Å². The summed E-state index contributed by atoms with van der Waals surface area (Å²) in [6.45, 7) is 4.52. The van der Waals surface area contributed by atoms with Crippen molar-refractivity contribution in [1.82, 2.24) is 8.97 Å². The average Bonchev–Trinajstić information content (AvgIpc) is 3.92. The third-order valence-electron chi connectivity index (χ3n) is 13.9. The van der Waals surface area contributed by atoms with Gasteiger partial charge in [-0.15, -0.1) is 0 Å². The smallest absolute Gasteiger partial charge is 0.318 e. The number of aryl methyl sites for hydroxylation is 2. The zero-order chi connectivity index (χ0) is 37.8. The summed E-state index contributed by atoms with van der Waals surface area (Å²) in [7, 11) is 0. The van der Waals surface area contributed by atoms with E-state index in [1.165, 1.54) is 115 Å². The molecule has 15 rings (SSSR count). The van der Waals surface area contributed by atoms with Crippen LogP contribution in [0.2, 0.25) is 0 Å². The molecule has 4 aromatic heterocycles. The first-order valence-electron chi connectivity index (χ1n) is 20.2. The molecule has 1 spiro atoms. The van der Waals surface area contributed by atoms with Gasteiger partial charge in [0.1, 0.15) is 39.9 Å². The number of benzene rings is 8. The van der Waals surface area contributed by atoms with Gasteiger partial charge in [-0.2, -0.15) is 18.1 Å². The quantitative estimate of drug-likeness (QED) is 0.0935. The standard InChI is InChI=1S/C53H32N4O/c1-29-12-11-13-30(2)47(29)43-28-55-52-48-36(40-26-38-33-16-5-3-14-31(33)32-15-4-6-17-34(32)39(38)27-42(40)56(43)52)21-23-44-49(48)53(55)50-45(58-44)24-22-37-35-18-7-8-19-41(35)57(51(37)50)46-20-9-10-25-54(46)53/h3-28H,1-2H3/q+2. The highest BCUT2D eigenvalue weighted by Crippen LogP contribution is 2.58. The maximum absolute atomic E-state index is 7.13. The van der Waals surface area contributed by atoms with Crippen LogP contribution < -0.4 is 13.9 Å². The Morgan fingerprint density at radius 2 is 1.14 bits per heavy atom. The third kappa shape index (κ3) is 3.08. The largest absolute Gasteiger partial charge is 0.456 e. The van der Waals surface area contributed by atoms with Gasteiger partial charge in [0.25, 0.3) is 11.5 Å². The maximum Gasteiger partial charge on any atom is 0.318 e.